The number of benzene rings is 1. The maximum atomic E-state index is 13.2. The molecular formula is C10H11BrFNO2. The molecule has 4 N–H and O–H groups in total. The molecule has 3 nitrogen and oxygen atoms in total. The highest BCUT2D eigenvalue weighted by atomic mass is 79.9. The molecule has 2 rings (SSSR count). The largest absolute Gasteiger partial charge is 0.505 e. The zero-order valence-electron chi connectivity index (χ0n) is 7.87. The van der Waals surface area contributed by atoms with E-state index in [0.29, 0.717) is 22.9 Å². The summed E-state index contributed by atoms with van der Waals surface area (Å²) in [4.78, 5) is 0. The molecule has 0 radical (unpaired) electrons. The minimum Gasteiger partial charge on any atom is -0.505 e. The Bertz CT molecular complexity index is 405. The Balaban J connectivity index is 2.44. The maximum Gasteiger partial charge on any atom is 0.166 e. The van der Waals surface area contributed by atoms with Crippen LogP contribution < -0.4 is 5.73 Å². The molecule has 1 aliphatic carbocycles. The molecule has 0 bridgehead atoms. The summed E-state index contributed by atoms with van der Waals surface area (Å²) in [7, 11) is 0. The second kappa shape index (κ2) is 3.43. The summed E-state index contributed by atoms with van der Waals surface area (Å²) >= 11 is 3.14. The van der Waals surface area contributed by atoms with Crippen LogP contribution in [0, 0.1) is 5.82 Å². The van der Waals surface area contributed by atoms with Crippen molar-refractivity contribution >= 4 is 15.9 Å². The fraction of sp³-hybridized carbons (Fsp3) is 0.400. The lowest BCUT2D eigenvalue weighted by atomic mass is 9.70. The summed E-state index contributed by atoms with van der Waals surface area (Å²) in [5, 5.41) is 18.8. The van der Waals surface area contributed by atoms with Gasteiger partial charge in [-0.2, -0.15) is 0 Å². The van der Waals surface area contributed by atoms with Crippen molar-refractivity contribution in [3.05, 3.63) is 28.0 Å². The molecule has 0 spiro atoms. The highest BCUT2D eigenvalue weighted by molar-refractivity contribution is 9.10. The Hall–Kier alpha value is -0.650. The number of aromatic hydroxyl groups is 1. The Morgan fingerprint density at radius 3 is 2.60 bits per heavy atom. The standard InChI is InChI=1S/C10H11BrFNO2/c11-5-1-7(9(15)8(12)2-5)10(13)3-6(14)4-10/h1-2,6,14-15H,3-4,13H2. The molecule has 0 heterocycles. The summed E-state index contributed by atoms with van der Waals surface area (Å²) in [6.45, 7) is 0. The Morgan fingerprint density at radius 2 is 2.07 bits per heavy atom. The van der Waals surface area contributed by atoms with Gasteiger partial charge in [-0.05, 0) is 25.0 Å². The van der Waals surface area contributed by atoms with Crippen molar-refractivity contribution in [3.8, 4) is 5.75 Å². The molecular weight excluding hydrogens is 265 g/mol. The molecule has 1 aliphatic rings. The lowest BCUT2D eigenvalue weighted by molar-refractivity contribution is 0.0196. The van der Waals surface area contributed by atoms with E-state index in [0.717, 1.165) is 0 Å². The monoisotopic (exact) mass is 275 g/mol. The predicted octanol–water partition coefficient (Wildman–Crippen LogP) is 1.60. The van der Waals surface area contributed by atoms with Crippen molar-refractivity contribution < 1.29 is 14.6 Å². The van der Waals surface area contributed by atoms with Gasteiger partial charge in [-0.15, -0.1) is 0 Å². The van der Waals surface area contributed by atoms with Crippen LogP contribution in [0.5, 0.6) is 5.75 Å². The smallest absolute Gasteiger partial charge is 0.166 e. The van der Waals surface area contributed by atoms with Gasteiger partial charge in [0.1, 0.15) is 0 Å². The Kier molecular flexibility index (Phi) is 2.48. The first-order chi connectivity index (χ1) is 6.92. The second-order valence-corrected chi connectivity index (χ2v) is 4.92. The number of nitrogens with two attached hydrogens (primary N) is 1. The van der Waals surface area contributed by atoms with Crippen LogP contribution in [0.25, 0.3) is 0 Å². The first kappa shape index (κ1) is 10.9. The van der Waals surface area contributed by atoms with Gasteiger partial charge in [-0.25, -0.2) is 4.39 Å². The summed E-state index contributed by atoms with van der Waals surface area (Å²) in [5.41, 5.74) is 5.48. The van der Waals surface area contributed by atoms with E-state index in [4.69, 9.17) is 5.73 Å². The zero-order valence-corrected chi connectivity index (χ0v) is 9.46. The third kappa shape index (κ3) is 1.75. The van der Waals surface area contributed by atoms with Gasteiger partial charge in [-0.1, -0.05) is 15.9 Å². The molecule has 1 saturated carbocycles. The van der Waals surface area contributed by atoms with Crippen LogP contribution in [0.4, 0.5) is 4.39 Å². The molecule has 0 saturated heterocycles. The number of aliphatic hydroxyl groups excluding tert-OH is 1. The van der Waals surface area contributed by atoms with E-state index in [2.05, 4.69) is 15.9 Å². The molecule has 0 atom stereocenters. The van der Waals surface area contributed by atoms with E-state index in [1.807, 2.05) is 0 Å². The van der Waals surface area contributed by atoms with E-state index >= 15 is 0 Å². The third-order valence-electron chi connectivity index (χ3n) is 2.76. The van der Waals surface area contributed by atoms with Gasteiger partial charge < -0.3 is 15.9 Å². The molecule has 5 heteroatoms. The molecule has 1 aromatic rings. The van der Waals surface area contributed by atoms with Gasteiger partial charge in [0.2, 0.25) is 0 Å². The van der Waals surface area contributed by atoms with Gasteiger partial charge in [0.05, 0.1) is 6.10 Å². The van der Waals surface area contributed by atoms with Gasteiger partial charge in [0.25, 0.3) is 0 Å². The molecule has 0 aromatic heterocycles. The number of halogens is 2. The highest BCUT2D eigenvalue weighted by Gasteiger charge is 2.43. The number of hydrogen-bond donors (Lipinski definition) is 3. The first-order valence-electron chi connectivity index (χ1n) is 4.58. The molecule has 0 aliphatic heterocycles. The number of aliphatic hydroxyl groups is 1. The normalized spacial score (nSPS) is 30.0. The number of hydrogen-bond acceptors (Lipinski definition) is 3. The van der Waals surface area contributed by atoms with Crippen LogP contribution in [0.3, 0.4) is 0 Å². The van der Waals surface area contributed by atoms with Crippen molar-refractivity contribution in [1.82, 2.24) is 0 Å². The predicted molar refractivity (Wildman–Crippen MR) is 56.9 cm³/mol. The molecule has 1 fully saturated rings. The topological polar surface area (TPSA) is 66.5 Å². The lowest BCUT2D eigenvalue weighted by Gasteiger charge is -2.42. The number of phenols is 1. The van der Waals surface area contributed by atoms with Crippen molar-refractivity contribution in [3.63, 3.8) is 0 Å². The van der Waals surface area contributed by atoms with E-state index in [1.165, 1.54) is 6.07 Å². The highest BCUT2D eigenvalue weighted by Crippen LogP contribution is 2.44. The van der Waals surface area contributed by atoms with Gasteiger partial charge in [0.15, 0.2) is 11.6 Å². The van der Waals surface area contributed by atoms with Crippen LogP contribution in [0.2, 0.25) is 0 Å². The molecule has 0 amide bonds. The van der Waals surface area contributed by atoms with E-state index in [9.17, 15) is 14.6 Å². The van der Waals surface area contributed by atoms with Crippen molar-refractivity contribution in [2.75, 3.05) is 0 Å². The van der Waals surface area contributed by atoms with Gasteiger partial charge in [-0.3, -0.25) is 0 Å². The van der Waals surface area contributed by atoms with Crippen molar-refractivity contribution in [2.45, 2.75) is 24.5 Å². The van der Waals surface area contributed by atoms with E-state index < -0.39 is 23.2 Å². The summed E-state index contributed by atoms with van der Waals surface area (Å²) in [6, 6.07) is 2.77. The Labute approximate surface area is 94.8 Å². The third-order valence-corrected chi connectivity index (χ3v) is 3.22. The SMILES string of the molecule is NC1(c2cc(Br)cc(F)c2O)CC(O)C1. The average Bonchev–Trinajstić information content (AvgIpc) is 2.08. The van der Waals surface area contributed by atoms with Gasteiger partial charge >= 0.3 is 0 Å². The number of phenolic OH excluding ortho intramolecular Hbond substituents is 1. The molecule has 15 heavy (non-hydrogen) atoms. The van der Waals surface area contributed by atoms with Crippen LogP contribution in [0.1, 0.15) is 18.4 Å². The van der Waals surface area contributed by atoms with Crippen LogP contribution >= 0.6 is 15.9 Å². The lowest BCUT2D eigenvalue weighted by Crippen LogP contribution is -2.51. The molecule has 82 valence electrons. The van der Waals surface area contributed by atoms with Crippen LogP contribution in [-0.2, 0) is 5.54 Å². The van der Waals surface area contributed by atoms with Crippen molar-refractivity contribution in [2.24, 2.45) is 5.73 Å². The maximum absolute atomic E-state index is 13.2. The van der Waals surface area contributed by atoms with Gasteiger partial charge in [0, 0.05) is 15.6 Å². The van der Waals surface area contributed by atoms with Crippen LogP contribution in [-0.4, -0.2) is 16.3 Å². The summed E-state index contributed by atoms with van der Waals surface area (Å²) in [5.74, 6) is -1.13. The number of rotatable bonds is 1. The molecule has 1 aromatic carbocycles. The van der Waals surface area contributed by atoms with Crippen LogP contribution in [0.15, 0.2) is 16.6 Å². The quantitative estimate of drug-likeness (QED) is 0.730. The summed E-state index contributed by atoms with van der Waals surface area (Å²) in [6.07, 6.45) is 0.226. The minimum absolute atomic E-state index is 0.344. The fourth-order valence-corrected chi connectivity index (χ4v) is 2.38. The molecule has 0 unspecified atom stereocenters. The Morgan fingerprint density at radius 1 is 1.47 bits per heavy atom. The van der Waals surface area contributed by atoms with Crippen molar-refractivity contribution in [1.29, 1.82) is 0 Å². The van der Waals surface area contributed by atoms with E-state index in [1.54, 1.807) is 6.07 Å². The van der Waals surface area contributed by atoms with E-state index in [-0.39, 0.29) is 0 Å². The summed E-state index contributed by atoms with van der Waals surface area (Å²) < 4.78 is 13.8. The first-order valence-corrected chi connectivity index (χ1v) is 5.37. The average molecular weight is 276 g/mol. The minimum atomic E-state index is -0.811. The zero-order chi connectivity index (χ0) is 11.2. The fourth-order valence-electron chi connectivity index (χ4n) is 1.95. The second-order valence-electron chi connectivity index (χ2n) is 4.00.